The Bertz CT molecular complexity index is 409. The number of rotatable bonds is 5. The zero-order valence-electron chi connectivity index (χ0n) is 9.61. The number of aliphatic carboxylic acids is 1. The lowest BCUT2D eigenvalue weighted by Gasteiger charge is -2.16. The van der Waals surface area contributed by atoms with E-state index >= 15 is 0 Å². The third kappa shape index (κ3) is 3.89. The summed E-state index contributed by atoms with van der Waals surface area (Å²) in [6.07, 6.45) is 0. The summed E-state index contributed by atoms with van der Waals surface area (Å²) in [5.74, 6) is -0.908. The van der Waals surface area contributed by atoms with Gasteiger partial charge in [-0.05, 0) is 17.5 Å². The predicted molar refractivity (Wildman–Crippen MR) is 69.0 cm³/mol. The third-order valence-corrected chi connectivity index (χ3v) is 4.30. The standard InChI is InChI=1S/C12H14ClFO2S/c1-7(2)11(12(15)16)17-6-8-4-3-5-9(14)10(8)13/h3-5,7,11H,6H2,1-2H3,(H,15,16). The third-order valence-electron chi connectivity index (χ3n) is 2.30. The Kier molecular flexibility index (Phi) is 5.28. The molecule has 0 radical (unpaired) electrons. The van der Waals surface area contributed by atoms with Gasteiger partial charge in [0.05, 0.1) is 5.02 Å². The van der Waals surface area contributed by atoms with Gasteiger partial charge >= 0.3 is 5.97 Å². The van der Waals surface area contributed by atoms with Crippen LogP contribution >= 0.6 is 23.4 Å². The van der Waals surface area contributed by atoms with Crippen molar-refractivity contribution in [1.82, 2.24) is 0 Å². The second-order valence-electron chi connectivity index (χ2n) is 4.03. The van der Waals surface area contributed by atoms with Crippen molar-refractivity contribution in [3.05, 3.63) is 34.6 Å². The molecule has 1 N–H and O–H groups in total. The number of hydrogen-bond donors (Lipinski definition) is 1. The van der Waals surface area contributed by atoms with E-state index in [1.165, 1.54) is 17.8 Å². The van der Waals surface area contributed by atoms with Crippen LogP contribution in [-0.4, -0.2) is 16.3 Å². The van der Waals surface area contributed by atoms with Gasteiger partial charge in [0.15, 0.2) is 0 Å². The molecule has 17 heavy (non-hydrogen) atoms. The summed E-state index contributed by atoms with van der Waals surface area (Å²) < 4.78 is 13.2. The van der Waals surface area contributed by atoms with Gasteiger partial charge in [-0.3, -0.25) is 4.79 Å². The van der Waals surface area contributed by atoms with Crippen molar-refractivity contribution in [3.8, 4) is 0 Å². The highest BCUT2D eigenvalue weighted by Gasteiger charge is 2.22. The van der Waals surface area contributed by atoms with Crippen LogP contribution in [0.25, 0.3) is 0 Å². The van der Waals surface area contributed by atoms with E-state index in [-0.39, 0.29) is 10.9 Å². The number of carbonyl (C=O) groups is 1. The Balaban J connectivity index is 2.72. The van der Waals surface area contributed by atoms with Gasteiger partial charge in [-0.1, -0.05) is 37.6 Å². The van der Waals surface area contributed by atoms with Crippen LogP contribution in [0.15, 0.2) is 18.2 Å². The zero-order valence-corrected chi connectivity index (χ0v) is 11.2. The number of hydrogen-bond acceptors (Lipinski definition) is 2. The summed E-state index contributed by atoms with van der Waals surface area (Å²) >= 11 is 7.06. The smallest absolute Gasteiger partial charge is 0.316 e. The summed E-state index contributed by atoms with van der Waals surface area (Å²) in [6, 6.07) is 4.56. The highest BCUT2D eigenvalue weighted by atomic mass is 35.5. The minimum atomic E-state index is -0.850. The minimum absolute atomic E-state index is 0.0184. The molecule has 1 atom stereocenters. The molecule has 0 heterocycles. The molecule has 0 aliphatic carbocycles. The number of benzene rings is 1. The summed E-state index contributed by atoms with van der Waals surface area (Å²) in [4.78, 5) is 11.0. The largest absolute Gasteiger partial charge is 0.480 e. The van der Waals surface area contributed by atoms with Crippen molar-refractivity contribution < 1.29 is 14.3 Å². The maximum Gasteiger partial charge on any atom is 0.316 e. The molecular formula is C12H14ClFO2S. The zero-order chi connectivity index (χ0) is 13.0. The van der Waals surface area contributed by atoms with Gasteiger partial charge < -0.3 is 5.11 Å². The lowest BCUT2D eigenvalue weighted by Crippen LogP contribution is -2.22. The van der Waals surface area contributed by atoms with Gasteiger partial charge in [-0.2, -0.15) is 0 Å². The molecule has 1 aromatic rings. The van der Waals surface area contributed by atoms with Crippen molar-refractivity contribution in [2.75, 3.05) is 0 Å². The lowest BCUT2D eigenvalue weighted by molar-refractivity contribution is -0.137. The Morgan fingerprint density at radius 2 is 2.18 bits per heavy atom. The van der Waals surface area contributed by atoms with E-state index in [4.69, 9.17) is 16.7 Å². The average Bonchev–Trinajstić information content (AvgIpc) is 2.23. The normalized spacial score (nSPS) is 12.8. The molecule has 0 aromatic heterocycles. The summed E-state index contributed by atoms with van der Waals surface area (Å²) in [7, 11) is 0. The first kappa shape index (κ1) is 14.3. The summed E-state index contributed by atoms with van der Waals surface area (Å²) in [5.41, 5.74) is 0.628. The maximum atomic E-state index is 13.2. The van der Waals surface area contributed by atoms with E-state index in [2.05, 4.69) is 0 Å². The molecule has 0 fully saturated rings. The second-order valence-corrected chi connectivity index (χ2v) is 5.53. The molecule has 0 saturated heterocycles. The molecule has 2 nitrogen and oxygen atoms in total. The van der Waals surface area contributed by atoms with Crippen LogP contribution in [0.2, 0.25) is 5.02 Å². The maximum absolute atomic E-state index is 13.2. The van der Waals surface area contributed by atoms with Crippen molar-refractivity contribution in [2.45, 2.75) is 24.9 Å². The molecule has 0 aliphatic heterocycles. The molecule has 0 amide bonds. The quantitative estimate of drug-likeness (QED) is 0.888. The molecule has 0 saturated carbocycles. The van der Waals surface area contributed by atoms with Gasteiger partial charge in [0.25, 0.3) is 0 Å². The van der Waals surface area contributed by atoms with Gasteiger partial charge in [0, 0.05) is 5.75 Å². The first-order valence-electron chi connectivity index (χ1n) is 5.20. The number of carboxylic acids is 1. The number of thioether (sulfide) groups is 1. The topological polar surface area (TPSA) is 37.3 Å². The van der Waals surface area contributed by atoms with E-state index < -0.39 is 17.0 Å². The highest BCUT2D eigenvalue weighted by molar-refractivity contribution is 7.99. The van der Waals surface area contributed by atoms with Crippen LogP contribution in [0.4, 0.5) is 4.39 Å². The number of carboxylic acid groups (broad SMARTS) is 1. The molecule has 1 unspecified atom stereocenters. The highest BCUT2D eigenvalue weighted by Crippen LogP contribution is 2.28. The van der Waals surface area contributed by atoms with Crippen molar-refractivity contribution >= 4 is 29.3 Å². The minimum Gasteiger partial charge on any atom is -0.480 e. The fourth-order valence-electron chi connectivity index (χ4n) is 1.39. The van der Waals surface area contributed by atoms with Crippen LogP contribution in [0.5, 0.6) is 0 Å². The van der Waals surface area contributed by atoms with Gasteiger partial charge in [-0.25, -0.2) is 4.39 Å². The van der Waals surface area contributed by atoms with Gasteiger partial charge in [-0.15, -0.1) is 11.8 Å². The first-order chi connectivity index (χ1) is 7.93. The first-order valence-corrected chi connectivity index (χ1v) is 6.63. The summed E-state index contributed by atoms with van der Waals surface area (Å²) in [6.45, 7) is 3.69. The van der Waals surface area contributed by atoms with E-state index in [1.54, 1.807) is 12.1 Å². The number of halogens is 2. The van der Waals surface area contributed by atoms with E-state index in [1.807, 2.05) is 13.8 Å². The Morgan fingerprint density at radius 1 is 1.53 bits per heavy atom. The molecule has 5 heteroatoms. The second kappa shape index (κ2) is 6.26. The molecule has 0 aliphatic rings. The summed E-state index contributed by atoms with van der Waals surface area (Å²) in [5, 5.41) is 8.59. The average molecular weight is 277 g/mol. The Hall–Kier alpha value is -0.740. The van der Waals surface area contributed by atoms with E-state index in [0.717, 1.165) is 0 Å². The lowest BCUT2D eigenvalue weighted by atomic mass is 10.1. The van der Waals surface area contributed by atoms with E-state index in [9.17, 15) is 9.18 Å². The van der Waals surface area contributed by atoms with Gasteiger partial charge in [0.2, 0.25) is 0 Å². The Labute approximate surface area is 109 Å². The molecule has 1 aromatic carbocycles. The molecule has 0 spiro atoms. The van der Waals surface area contributed by atoms with E-state index in [0.29, 0.717) is 11.3 Å². The van der Waals surface area contributed by atoms with Crippen LogP contribution < -0.4 is 0 Å². The van der Waals surface area contributed by atoms with Crippen molar-refractivity contribution in [2.24, 2.45) is 5.92 Å². The van der Waals surface area contributed by atoms with Gasteiger partial charge in [0.1, 0.15) is 11.1 Å². The van der Waals surface area contributed by atoms with Crippen LogP contribution in [0, 0.1) is 11.7 Å². The molecule has 1 rings (SSSR count). The molecular weight excluding hydrogens is 263 g/mol. The Morgan fingerprint density at radius 3 is 2.71 bits per heavy atom. The van der Waals surface area contributed by atoms with Crippen LogP contribution in [0.1, 0.15) is 19.4 Å². The predicted octanol–water partition coefficient (Wildman–Crippen LogP) is 3.82. The fraction of sp³-hybridized carbons (Fsp3) is 0.417. The SMILES string of the molecule is CC(C)C(SCc1cccc(F)c1Cl)C(=O)O. The molecule has 0 bridgehead atoms. The fourth-order valence-corrected chi connectivity index (χ4v) is 2.79. The molecule has 94 valence electrons. The van der Waals surface area contributed by atoms with Crippen LogP contribution in [0.3, 0.4) is 0 Å². The van der Waals surface area contributed by atoms with Crippen molar-refractivity contribution in [1.29, 1.82) is 0 Å². The van der Waals surface area contributed by atoms with Crippen molar-refractivity contribution in [3.63, 3.8) is 0 Å². The van der Waals surface area contributed by atoms with Crippen LogP contribution in [-0.2, 0) is 10.5 Å². The monoisotopic (exact) mass is 276 g/mol.